The molecule has 6 heteroatoms. The summed E-state index contributed by atoms with van der Waals surface area (Å²) < 4.78 is 11.0. The molecule has 1 aromatic rings. The lowest BCUT2D eigenvalue weighted by Crippen LogP contribution is -2.42. The fourth-order valence-electron chi connectivity index (χ4n) is 2.62. The summed E-state index contributed by atoms with van der Waals surface area (Å²) in [4.78, 5) is 14.3. The smallest absolute Gasteiger partial charge is 0.257 e. The van der Waals surface area contributed by atoms with Crippen molar-refractivity contribution in [1.82, 2.24) is 10.2 Å². The molecule has 1 saturated heterocycles. The predicted octanol–water partition coefficient (Wildman–Crippen LogP) is 2.60. The maximum atomic E-state index is 12.0. The van der Waals surface area contributed by atoms with Crippen molar-refractivity contribution in [3.8, 4) is 5.75 Å². The van der Waals surface area contributed by atoms with Crippen molar-refractivity contribution in [3.63, 3.8) is 0 Å². The maximum absolute atomic E-state index is 12.0. The van der Waals surface area contributed by atoms with Crippen molar-refractivity contribution in [1.29, 1.82) is 0 Å². The van der Waals surface area contributed by atoms with E-state index < -0.39 is 0 Å². The summed E-state index contributed by atoms with van der Waals surface area (Å²) in [5.41, 5.74) is 1.97. The van der Waals surface area contributed by atoms with Crippen LogP contribution < -0.4 is 10.1 Å². The number of nitrogens with one attached hydrogen (secondary N) is 1. The maximum Gasteiger partial charge on any atom is 0.257 e. The number of hydrogen-bond acceptors (Lipinski definition) is 4. The quantitative estimate of drug-likeness (QED) is 0.817. The van der Waals surface area contributed by atoms with E-state index in [2.05, 4.69) is 24.1 Å². The van der Waals surface area contributed by atoms with Gasteiger partial charge in [-0.1, -0.05) is 25.4 Å². The van der Waals surface area contributed by atoms with Crippen LogP contribution in [0.25, 0.3) is 0 Å². The van der Waals surface area contributed by atoms with E-state index in [9.17, 15) is 4.79 Å². The molecule has 0 aliphatic carbocycles. The van der Waals surface area contributed by atoms with Gasteiger partial charge in [-0.25, -0.2) is 0 Å². The number of nitrogens with zero attached hydrogens (tertiary/aromatic N) is 1. The zero-order valence-electron chi connectivity index (χ0n) is 14.7. The summed E-state index contributed by atoms with van der Waals surface area (Å²) in [6, 6.07) is 3.83. The monoisotopic (exact) mass is 354 g/mol. The molecule has 0 radical (unpaired) electrons. The molecular weight excluding hydrogens is 328 g/mol. The van der Waals surface area contributed by atoms with E-state index in [0.29, 0.717) is 6.54 Å². The number of morpholine rings is 1. The minimum atomic E-state index is -0.106. The van der Waals surface area contributed by atoms with E-state index in [0.717, 1.165) is 54.7 Å². The summed E-state index contributed by atoms with van der Waals surface area (Å²) in [5.74, 6) is 0.906. The van der Waals surface area contributed by atoms with Gasteiger partial charge in [-0.05, 0) is 36.1 Å². The molecule has 2 rings (SSSR count). The Bertz CT molecular complexity index is 557. The first-order valence-electron chi connectivity index (χ1n) is 8.47. The third-order valence-electron chi connectivity index (χ3n) is 4.13. The first kappa shape index (κ1) is 19.0. The number of amides is 1. The second kappa shape index (κ2) is 9.25. The lowest BCUT2D eigenvalue weighted by atomic mass is 10.0. The first-order chi connectivity index (χ1) is 11.5. The Morgan fingerprint density at radius 2 is 2.08 bits per heavy atom. The summed E-state index contributed by atoms with van der Waals surface area (Å²) in [7, 11) is 0. The summed E-state index contributed by atoms with van der Waals surface area (Å²) in [5, 5.41) is 3.63. The molecule has 1 fully saturated rings. The molecule has 1 aromatic carbocycles. The molecule has 0 spiro atoms. The highest BCUT2D eigenvalue weighted by molar-refractivity contribution is 6.31. The standard InChI is InChI=1S/C18H27ClN2O3/c1-13(2)15-11-16(19)14(3)10-17(15)24-12-18(22)20-4-5-21-6-8-23-9-7-21/h10-11,13H,4-9,12H2,1-3H3,(H,20,22). The number of carbonyl (C=O) groups excluding carboxylic acids is 1. The topological polar surface area (TPSA) is 50.8 Å². The van der Waals surface area contributed by atoms with Crippen LogP contribution in [-0.4, -0.2) is 56.8 Å². The number of ether oxygens (including phenoxy) is 2. The van der Waals surface area contributed by atoms with E-state index in [-0.39, 0.29) is 18.4 Å². The average molecular weight is 355 g/mol. The molecule has 24 heavy (non-hydrogen) atoms. The van der Waals surface area contributed by atoms with Gasteiger partial charge in [-0.15, -0.1) is 0 Å². The number of hydrogen-bond donors (Lipinski definition) is 1. The van der Waals surface area contributed by atoms with Gasteiger partial charge in [0, 0.05) is 31.2 Å². The highest BCUT2D eigenvalue weighted by Gasteiger charge is 2.13. The number of benzene rings is 1. The van der Waals surface area contributed by atoms with E-state index in [1.54, 1.807) is 0 Å². The first-order valence-corrected chi connectivity index (χ1v) is 8.85. The molecular formula is C18H27ClN2O3. The lowest BCUT2D eigenvalue weighted by Gasteiger charge is -2.26. The van der Waals surface area contributed by atoms with Crippen LogP contribution in [0, 0.1) is 6.92 Å². The van der Waals surface area contributed by atoms with E-state index >= 15 is 0 Å². The number of aryl methyl sites for hydroxylation is 1. The number of rotatable bonds is 7. The van der Waals surface area contributed by atoms with Crippen LogP contribution in [0.5, 0.6) is 5.75 Å². The minimum absolute atomic E-state index is 0.0178. The van der Waals surface area contributed by atoms with Crippen LogP contribution in [-0.2, 0) is 9.53 Å². The van der Waals surface area contributed by atoms with E-state index in [4.69, 9.17) is 21.1 Å². The molecule has 0 saturated carbocycles. The summed E-state index contributed by atoms with van der Waals surface area (Å²) >= 11 is 6.19. The van der Waals surface area contributed by atoms with Gasteiger partial charge in [0.2, 0.25) is 0 Å². The van der Waals surface area contributed by atoms with Crippen molar-refractivity contribution in [2.45, 2.75) is 26.7 Å². The van der Waals surface area contributed by atoms with Crippen molar-refractivity contribution >= 4 is 17.5 Å². The Morgan fingerprint density at radius 3 is 2.75 bits per heavy atom. The Morgan fingerprint density at radius 1 is 1.38 bits per heavy atom. The highest BCUT2D eigenvalue weighted by atomic mass is 35.5. The van der Waals surface area contributed by atoms with Crippen molar-refractivity contribution in [3.05, 3.63) is 28.3 Å². The van der Waals surface area contributed by atoms with Crippen LogP contribution in [0.2, 0.25) is 5.02 Å². The molecule has 1 aliphatic rings. The molecule has 5 nitrogen and oxygen atoms in total. The predicted molar refractivity (Wildman–Crippen MR) is 96.0 cm³/mol. The van der Waals surface area contributed by atoms with Gasteiger partial charge in [0.15, 0.2) is 6.61 Å². The zero-order valence-corrected chi connectivity index (χ0v) is 15.5. The van der Waals surface area contributed by atoms with Gasteiger partial charge in [-0.3, -0.25) is 9.69 Å². The van der Waals surface area contributed by atoms with Gasteiger partial charge in [0.25, 0.3) is 5.91 Å². The van der Waals surface area contributed by atoms with Crippen molar-refractivity contribution in [2.24, 2.45) is 0 Å². The fraction of sp³-hybridized carbons (Fsp3) is 0.611. The molecule has 1 aliphatic heterocycles. The number of carbonyl (C=O) groups is 1. The molecule has 0 bridgehead atoms. The normalized spacial score (nSPS) is 15.5. The van der Waals surface area contributed by atoms with Gasteiger partial charge in [-0.2, -0.15) is 0 Å². The molecule has 0 aromatic heterocycles. The van der Waals surface area contributed by atoms with Crippen molar-refractivity contribution in [2.75, 3.05) is 46.0 Å². The molecule has 1 N–H and O–H groups in total. The second-order valence-electron chi connectivity index (χ2n) is 6.39. The van der Waals surface area contributed by atoms with Crippen LogP contribution in [0.3, 0.4) is 0 Å². The lowest BCUT2D eigenvalue weighted by molar-refractivity contribution is -0.123. The Balaban J connectivity index is 1.79. The van der Waals surface area contributed by atoms with E-state index in [1.807, 2.05) is 19.1 Å². The molecule has 0 unspecified atom stereocenters. The molecule has 1 heterocycles. The number of halogens is 1. The van der Waals surface area contributed by atoms with Crippen molar-refractivity contribution < 1.29 is 14.3 Å². The van der Waals surface area contributed by atoms with E-state index in [1.165, 1.54) is 0 Å². The SMILES string of the molecule is Cc1cc(OCC(=O)NCCN2CCOCC2)c(C(C)C)cc1Cl. The van der Waals surface area contributed by atoms with Crippen LogP contribution in [0.1, 0.15) is 30.9 Å². The minimum Gasteiger partial charge on any atom is -0.483 e. The highest BCUT2D eigenvalue weighted by Crippen LogP contribution is 2.31. The molecule has 1 amide bonds. The summed E-state index contributed by atoms with van der Waals surface area (Å²) in [6.07, 6.45) is 0. The third kappa shape index (κ3) is 5.65. The Kier molecular flexibility index (Phi) is 7.34. The Hall–Kier alpha value is -1.30. The summed E-state index contributed by atoms with van der Waals surface area (Å²) in [6.45, 7) is 11.0. The molecule has 134 valence electrons. The average Bonchev–Trinajstić information content (AvgIpc) is 2.56. The van der Waals surface area contributed by atoms with Crippen LogP contribution >= 0.6 is 11.6 Å². The van der Waals surface area contributed by atoms with Gasteiger partial charge < -0.3 is 14.8 Å². The van der Waals surface area contributed by atoms with Crippen LogP contribution in [0.15, 0.2) is 12.1 Å². The van der Waals surface area contributed by atoms with Gasteiger partial charge >= 0.3 is 0 Å². The largest absolute Gasteiger partial charge is 0.483 e. The zero-order chi connectivity index (χ0) is 17.5. The second-order valence-corrected chi connectivity index (χ2v) is 6.79. The Labute approximate surface area is 149 Å². The van der Waals surface area contributed by atoms with Crippen LogP contribution in [0.4, 0.5) is 0 Å². The fourth-order valence-corrected chi connectivity index (χ4v) is 2.79. The van der Waals surface area contributed by atoms with Gasteiger partial charge in [0.1, 0.15) is 5.75 Å². The molecule has 0 atom stereocenters. The van der Waals surface area contributed by atoms with Gasteiger partial charge in [0.05, 0.1) is 13.2 Å². The third-order valence-corrected chi connectivity index (χ3v) is 4.53.